The lowest BCUT2D eigenvalue weighted by atomic mass is 10.1. The third-order valence-corrected chi connectivity index (χ3v) is 5.48. The lowest BCUT2D eigenvalue weighted by Gasteiger charge is -2.21. The van der Waals surface area contributed by atoms with Gasteiger partial charge in [0.15, 0.2) is 0 Å². The lowest BCUT2D eigenvalue weighted by molar-refractivity contribution is -0.117. The first-order chi connectivity index (χ1) is 10.1. The Balaban J connectivity index is 2.46. The van der Waals surface area contributed by atoms with Gasteiger partial charge in [-0.25, -0.2) is 8.42 Å². The Kier molecular flexibility index (Phi) is 4.70. The highest BCUT2D eigenvalue weighted by Gasteiger charge is 2.39. The molecule has 1 unspecified atom stereocenters. The highest BCUT2D eigenvalue weighted by Crippen LogP contribution is 2.31. The molecule has 2 amide bonds. The molecule has 1 aromatic rings. The van der Waals surface area contributed by atoms with E-state index in [0.717, 1.165) is 0 Å². The van der Waals surface area contributed by atoms with Crippen molar-refractivity contribution in [3.05, 3.63) is 28.8 Å². The van der Waals surface area contributed by atoms with E-state index in [1.807, 2.05) is 0 Å². The number of anilines is 1. The Morgan fingerprint density at radius 3 is 2.50 bits per heavy atom. The molecule has 0 bridgehead atoms. The van der Waals surface area contributed by atoms with Crippen LogP contribution in [-0.2, 0) is 13.8 Å². The number of hydrogen-bond donors (Lipinski definition) is 0. The van der Waals surface area contributed by atoms with Crippen molar-refractivity contribution in [2.75, 3.05) is 25.5 Å². The predicted molar refractivity (Wildman–Crippen MR) is 85.0 cm³/mol. The van der Waals surface area contributed by atoms with E-state index in [1.54, 1.807) is 14.1 Å². The number of benzene rings is 1. The highest BCUT2D eigenvalue weighted by atomic mass is 35.7. The van der Waals surface area contributed by atoms with Crippen molar-refractivity contribution in [1.82, 2.24) is 4.90 Å². The normalized spacial score (nSPS) is 18.6. The van der Waals surface area contributed by atoms with Crippen molar-refractivity contribution >= 4 is 48.8 Å². The minimum atomic E-state index is -3.85. The molecule has 6 nitrogen and oxygen atoms in total. The molecule has 1 aliphatic heterocycles. The third kappa shape index (κ3) is 3.37. The number of halogens is 2. The quantitative estimate of drug-likeness (QED) is 0.765. The number of nitrogens with zero attached hydrogens (tertiary/aromatic N) is 2. The van der Waals surface area contributed by atoms with Crippen LogP contribution in [0.5, 0.6) is 0 Å². The van der Waals surface area contributed by atoms with Gasteiger partial charge < -0.3 is 9.80 Å². The number of amides is 2. The van der Waals surface area contributed by atoms with Crippen LogP contribution in [0.4, 0.5) is 5.69 Å². The van der Waals surface area contributed by atoms with Crippen molar-refractivity contribution in [2.45, 2.75) is 11.7 Å². The Morgan fingerprint density at radius 1 is 1.36 bits per heavy atom. The average Bonchev–Trinajstić information content (AvgIpc) is 2.79. The van der Waals surface area contributed by atoms with Crippen LogP contribution in [0.1, 0.15) is 16.8 Å². The van der Waals surface area contributed by atoms with E-state index in [1.165, 1.54) is 28.0 Å². The minimum absolute atomic E-state index is 0.0985. The van der Waals surface area contributed by atoms with E-state index in [0.29, 0.717) is 10.7 Å². The van der Waals surface area contributed by atoms with Crippen molar-refractivity contribution in [2.24, 2.45) is 0 Å². The molecule has 1 aromatic carbocycles. The second-order valence-corrected chi connectivity index (χ2v) is 8.51. The van der Waals surface area contributed by atoms with Crippen LogP contribution >= 0.6 is 22.3 Å². The van der Waals surface area contributed by atoms with Crippen molar-refractivity contribution in [1.29, 1.82) is 0 Å². The summed E-state index contributed by atoms with van der Waals surface area (Å²) < 4.78 is 22.9. The number of carbonyl (C=O) groups is 2. The molecule has 0 aliphatic carbocycles. The van der Waals surface area contributed by atoms with Gasteiger partial charge >= 0.3 is 0 Å². The first-order valence-corrected chi connectivity index (χ1v) is 9.11. The summed E-state index contributed by atoms with van der Waals surface area (Å²) in [5, 5.41) is -0.654. The largest absolute Gasteiger partial charge is 0.345 e. The number of carbonyl (C=O) groups excluding carboxylic acids is 2. The van der Waals surface area contributed by atoms with Crippen LogP contribution < -0.4 is 4.90 Å². The van der Waals surface area contributed by atoms with E-state index in [9.17, 15) is 18.0 Å². The zero-order valence-corrected chi connectivity index (χ0v) is 14.2. The minimum Gasteiger partial charge on any atom is -0.345 e. The monoisotopic (exact) mass is 364 g/mol. The van der Waals surface area contributed by atoms with E-state index in [2.05, 4.69) is 0 Å². The fraction of sp³-hybridized carbons (Fsp3) is 0.385. The third-order valence-electron chi connectivity index (χ3n) is 3.37. The summed E-state index contributed by atoms with van der Waals surface area (Å²) in [5.74, 6) is -0.721. The highest BCUT2D eigenvalue weighted by molar-refractivity contribution is 8.14. The summed E-state index contributed by atoms with van der Waals surface area (Å²) in [7, 11) is 4.64. The van der Waals surface area contributed by atoms with Crippen LogP contribution in [-0.4, -0.2) is 51.0 Å². The molecular formula is C13H14Cl2N2O4S. The molecule has 1 fully saturated rings. The maximum atomic E-state index is 12.2. The molecule has 2 rings (SSSR count). The van der Waals surface area contributed by atoms with Crippen molar-refractivity contribution < 1.29 is 18.0 Å². The van der Waals surface area contributed by atoms with Gasteiger partial charge in [0.1, 0.15) is 5.25 Å². The average molecular weight is 365 g/mol. The number of hydrogen-bond acceptors (Lipinski definition) is 4. The molecule has 22 heavy (non-hydrogen) atoms. The van der Waals surface area contributed by atoms with Crippen molar-refractivity contribution in [3.63, 3.8) is 0 Å². The van der Waals surface area contributed by atoms with Gasteiger partial charge in [-0.2, -0.15) is 0 Å². The van der Waals surface area contributed by atoms with E-state index >= 15 is 0 Å². The summed E-state index contributed by atoms with van der Waals surface area (Å²) >= 11 is 5.95. The Hall–Kier alpha value is -1.31. The van der Waals surface area contributed by atoms with Gasteiger partial charge in [0, 0.05) is 42.8 Å². The van der Waals surface area contributed by atoms with Crippen LogP contribution in [0.2, 0.25) is 5.02 Å². The first-order valence-electron chi connectivity index (χ1n) is 6.36. The summed E-state index contributed by atoms with van der Waals surface area (Å²) in [6.07, 6.45) is -0.214. The van der Waals surface area contributed by atoms with Gasteiger partial charge in [-0.05, 0) is 18.2 Å². The maximum Gasteiger partial charge on any atom is 0.255 e. The molecule has 0 radical (unpaired) electrons. The molecular weight excluding hydrogens is 351 g/mol. The van der Waals surface area contributed by atoms with E-state index in [-0.39, 0.29) is 24.4 Å². The Morgan fingerprint density at radius 2 is 2.00 bits per heavy atom. The molecule has 9 heteroatoms. The zero-order valence-electron chi connectivity index (χ0n) is 11.9. The molecule has 0 saturated carbocycles. The van der Waals surface area contributed by atoms with Crippen LogP contribution in [0.3, 0.4) is 0 Å². The molecule has 0 aromatic heterocycles. The summed E-state index contributed by atoms with van der Waals surface area (Å²) in [4.78, 5) is 26.9. The molecule has 0 spiro atoms. The first kappa shape index (κ1) is 17.1. The van der Waals surface area contributed by atoms with Gasteiger partial charge in [0.2, 0.25) is 15.0 Å². The van der Waals surface area contributed by atoms with Crippen LogP contribution in [0.15, 0.2) is 18.2 Å². The topological polar surface area (TPSA) is 74.8 Å². The molecule has 1 saturated heterocycles. The zero-order chi connectivity index (χ0) is 16.7. The summed E-state index contributed by atoms with van der Waals surface area (Å²) in [5.41, 5.74) is 0.564. The second-order valence-electron chi connectivity index (χ2n) is 5.17. The molecule has 1 atom stereocenters. The van der Waals surface area contributed by atoms with Crippen LogP contribution in [0.25, 0.3) is 0 Å². The molecule has 1 aliphatic rings. The van der Waals surface area contributed by atoms with Crippen LogP contribution in [0, 0.1) is 0 Å². The smallest absolute Gasteiger partial charge is 0.255 e. The van der Waals surface area contributed by atoms with Gasteiger partial charge in [0.05, 0.1) is 11.3 Å². The van der Waals surface area contributed by atoms with Gasteiger partial charge in [-0.3, -0.25) is 9.59 Å². The fourth-order valence-electron chi connectivity index (χ4n) is 2.25. The fourth-order valence-corrected chi connectivity index (χ4v) is 3.44. The predicted octanol–water partition coefficient (Wildman–Crippen LogP) is 1.72. The SMILES string of the molecule is CN(C)C(=O)c1ccc(Cl)cc1N1CC(S(=O)(=O)Cl)CC1=O. The van der Waals surface area contributed by atoms with Gasteiger partial charge in [0.25, 0.3) is 5.91 Å². The van der Waals surface area contributed by atoms with E-state index in [4.69, 9.17) is 22.3 Å². The Bertz CT molecular complexity index is 734. The standard InChI is InChI=1S/C13H14Cl2N2O4S/c1-16(2)13(19)10-4-3-8(14)5-11(10)17-7-9(6-12(17)18)22(15,20)21/h3-5,9H,6-7H2,1-2H3. The van der Waals surface area contributed by atoms with Crippen molar-refractivity contribution in [3.8, 4) is 0 Å². The molecule has 1 heterocycles. The maximum absolute atomic E-state index is 12.2. The summed E-state index contributed by atoms with van der Waals surface area (Å²) in [6.45, 7) is -0.0985. The summed E-state index contributed by atoms with van der Waals surface area (Å²) in [6, 6.07) is 4.52. The lowest BCUT2D eigenvalue weighted by Crippen LogP contribution is -2.30. The number of rotatable bonds is 3. The van der Waals surface area contributed by atoms with E-state index < -0.39 is 20.2 Å². The Labute approximate surface area is 138 Å². The van der Waals surface area contributed by atoms with Gasteiger partial charge in [-0.15, -0.1) is 0 Å². The molecule has 120 valence electrons. The molecule has 0 N–H and O–H groups in total. The second kappa shape index (κ2) is 6.06. The van der Waals surface area contributed by atoms with Gasteiger partial charge in [-0.1, -0.05) is 11.6 Å².